The first-order chi connectivity index (χ1) is 10.1. The van der Waals surface area contributed by atoms with Crippen LogP contribution in [0.4, 0.5) is 4.79 Å². The van der Waals surface area contributed by atoms with Gasteiger partial charge in [0.2, 0.25) is 0 Å². The van der Waals surface area contributed by atoms with E-state index in [4.69, 9.17) is 5.11 Å². The largest absolute Gasteiger partial charge is 0.480 e. The number of carbonyl (C=O) groups excluding carboxylic acids is 1. The first-order valence-corrected chi connectivity index (χ1v) is 9.47. The Bertz CT molecular complexity index is 370. The van der Waals surface area contributed by atoms with Crippen molar-refractivity contribution in [3.8, 4) is 0 Å². The highest BCUT2D eigenvalue weighted by atomic mass is 32.2. The summed E-state index contributed by atoms with van der Waals surface area (Å²) in [7, 11) is 0. The Hall–Kier alpha value is -0.600. The monoisotopic (exact) mass is 333 g/mol. The van der Waals surface area contributed by atoms with Gasteiger partial charge in [0, 0.05) is 55.2 Å². The Labute approximate surface area is 134 Å². The predicted molar refractivity (Wildman–Crippen MR) is 87.2 cm³/mol. The van der Waals surface area contributed by atoms with E-state index in [9.17, 15) is 9.59 Å². The number of rotatable bonds is 4. The van der Waals surface area contributed by atoms with Gasteiger partial charge in [0.15, 0.2) is 0 Å². The van der Waals surface area contributed by atoms with Crippen LogP contribution in [0.3, 0.4) is 0 Å². The molecule has 0 aliphatic carbocycles. The molecular formula is C13H23N3O3S2. The standard InChI is InChI=1S/C13H23N3O3S2/c1-10(12(17)18)15-2-4-16(5-3-15)13(19)14-8-11-9-20-6-7-21-11/h10-11H,2-9H2,1H3,(H,14,19)(H,17,18). The van der Waals surface area contributed by atoms with E-state index in [2.05, 4.69) is 5.32 Å². The zero-order valence-corrected chi connectivity index (χ0v) is 13.9. The molecule has 2 unspecified atom stereocenters. The molecule has 2 atom stereocenters. The minimum atomic E-state index is -0.806. The molecule has 0 aromatic rings. The fourth-order valence-corrected chi connectivity index (χ4v) is 5.05. The first kappa shape index (κ1) is 16.8. The van der Waals surface area contributed by atoms with Crippen LogP contribution in [0.25, 0.3) is 0 Å². The van der Waals surface area contributed by atoms with Crippen LogP contribution < -0.4 is 5.32 Å². The molecule has 0 radical (unpaired) electrons. The van der Waals surface area contributed by atoms with Crippen molar-refractivity contribution in [1.29, 1.82) is 0 Å². The average molecular weight is 333 g/mol. The Kier molecular flexibility index (Phi) is 6.50. The summed E-state index contributed by atoms with van der Waals surface area (Å²) in [5, 5.41) is 12.5. The van der Waals surface area contributed by atoms with Crippen molar-refractivity contribution in [2.75, 3.05) is 50.0 Å². The minimum absolute atomic E-state index is 0.0196. The molecule has 0 aromatic carbocycles. The molecule has 0 bridgehead atoms. The number of hydrogen-bond acceptors (Lipinski definition) is 5. The summed E-state index contributed by atoms with van der Waals surface area (Å²) in [5.74, 6) is 2.67. The molecule has 8 heteroatoms. The molecule has 2 N–H and O–H groups in total. The Morgan fingerprint density at radius 3 is 2.57 bits per heavy atom. The van der Waals surface area contributed by atoms with Crippen molar-refractivity contribution in [1.82, 2.24) is 15.1 Å². The fraction of sp³-hybridized carbons (Fsp3) is 0.846. The van der Waals surface area contributed by atoms with Crippen molar-refractivity contribution in [2.24, 2.45) is 0 Å². The van der Waals surface area contributed by atoms with Crippen molar-refractivity contribution >= 4 is 35.5 Å². The second-order valence-electron chi connectivity index (χ2n) is 5.29. The highest BCUT2D eigenvalue weighted by Gasteiger charge is 2.27. The first-order valence-electron chi connectivity index (χ1n) is 7.27. The van der Waals surface area contributed by atoms with E-state index in [0.29, 0.717) is 31.4 Å². The van der Waals surface area contributed by atoms with E-state index >= 15 is 0 Å². The number of urea groups is 1. The predicted octanol–water partition coefficient (Wildman–Crippen LogP) is 0.635. The van der Waals surface area contributed by atoms with Crippen LogP contribution in [0.5, 0.6) is 0 Å². The summed E-state index contributed by atoms with van der Waals surface area (Å²) in [6, 6.07) is -0.500. The van der Waals surface area contributed by atoms with Gasteiger partial charge in [-0.15, -0.1) is 0 Å². The molecule has 2 aliphatic rings. The van der Waals surface area contributed by atoms with E-state index in [0.717, 1.165) is 18.1 Å². The lowest BCUT2D eigenvalue weighted by atomic mass is 10.2. The maximum absolute atomic E-state index is 12.1. The number of nitrogens with zero attached hydrogens (tertiary/aromatic N) is 2. The van der Waals surface area contributed by atoms with Gasteiger partial charge in [-0.05, 0) is 6.92 Å². The number of piperazine rings is 1. The summed E-state index contributed by atoms with van der Waals surface area (Å²) in [5.41, 5.74) is 0. The van der Waals surface area contributed by atoms with Gasteiger partial charge < -0.3 is 15.3 Å². The molecule has 0 aromatic heterocycles. The number of amides is 2. The van der Waals surface area contributed by atoms with Crippen LogP contribution in [-0.4, -0.2) is 88.2 Å². The Balaban J connectivity index is 1.69. The van der Waals surface area contributed by atoms with Crippen LogP contribution in [0.15, 0.2) is 0 Å². The molecule has 2 amide bonds. The van der Waals surface area contributed by atoms with Gasteiger partial charge in [0.05, 0.1) is 0 Å². The number of carboxylic acid groups (broad SMARTS) is 1. The zero-order valence-electron chi connectivity index (χ0n) is 12.3. The Morgan fingerprint density at radius 1 is 1.29 bits per heavy atom. The molecule has 2 aliphatic heterocycles. The quantitative estimate of drug-likeness (QED) is 0.786. The summed E-state index contributed by atoms with van der Waals surface area (Å²) >= 11 is 3.88. The molecule has 0 spiro atoms. The topological polar surface area (TPSA) is 72.9 Å². The Morgan fingerprint density at radius 2 is 2.00 bits per heavy atom. The van der Waals surface area contributed by atoms with Gasteiger partial charge in [-0.1, -0.05) is 0 Å². The van der Waals surface area contributed by atoms with Crippen LogP contribution in [0.2, 0.25) is 0 Å². The lowest BCUT2D eigenvalue weighted by Crippen LogP contribution is -2.55. The maximum atomic E-state index is 12.1. The summed E-state index contributed by atoms with van der Waals surface area (Å²) < 4.78 is 0. The number of hydrogen-bond donors (Lipinski definition) is 2. The van der Waals surface area contributed by atoms with Gasteiger partial charge in [0.1, 0.15) is 6.04 Å². The SMILES string of the molecule is CC(C(=O)O)N1CCN(C(=O)NCC2CSCCS2)CC1. The average Bonchev–Trinajstić information content (AvgIpc) is 2.53. The fourth-order valence-electron chi connectivity index (χ4n) is 2.44. The zero-order chi connectivity index (χ0) is 15.2. The summed E-state index contributed by atoms with van der Waals surface area (Å²) in [6.07, 6.45) is 0. The van der Waals surface area contributed by atoms with Crippen LogP contribution >= 0.6 is 23.5 Å². The molecule has 120 valence electrons. The van der Waals surface area contributed by atoms with Crippen molar-refractivity contribution < 1.29 is 14.7 Å². The normalized spacial score (nSPS) is 25.4. The van der Waals surface area contributed by atoms with Gasteiger partial charge in [-0.2, -0.15) is 23.5 Å². The van der Waals surface area contributed by atoms with E-state index in [-0.39, 0.29) is 6.03 Å². The second-order valence-corrected chi connectivity index (χ2v) is 7.85. The summed E-state index contributed by atoms with van der Waals surface area (Å²) in [4.78, 5) is 26.8. The lowest BCUT2D eigenvalue weighted by molar-refractivity contribution is -0.143. The highest BCUT2D eigenvalue weighted by Crippen LogP contribution is 2.23. The van der Waals surface area contributed by atoms with Crippen LogP contribution in [0.1, 0.15) is 6.92 Å². The molecule has 2 saturated heterocycles. The third-order valence-electron chi connectivity index (χ3n) is 3.87. The molecule has 0 saturated carbocycles. The van der Waals surface area contributed by atoms with Crippen molar-refractivity contribution in [2.45, 2.75) is 18.2 Å². The molecular weight excluding hydrogens is 310 g/mol. The van der Waals surface area contributed by atoms with E-state index in [1.807, 2.05) is 28.4 Å². The molecule has 2 heterocycles. The van der Waals surface area contributed by atoms with Crippen molar-refractivity contribution in [3.63, 3.8) is 0 Å². The summed E-state index contributed by atoms with van der Waals surface area (Å²) in [6.45, 7) is 4.84. The highest BCUT2D eigenvalue weighted by molar-refractivity contribution is 8.06. The number of thioether (sulfide) groups is 2. The van der Waals surface area contributed by atoms with Gasteiger partial charge in [-0.25, -0.2) is 4.79 Å². The van der Waals surface area contributed by atoms with E-state index in [1.54, 1.807) is 11.8 Å². The lowest BCUT2D eigenvalue weighted by Gasteiger charge is -2.36. The molecule has 2 rings (SSSR count). The number of aliphatic carboxylic acids is 1. The number of carbonyl (C=O) groups is 2. The molecule has 2 fully saturated rings. The van der Waals surface area contributed by atoms with Crippen molar-refractivity contribution in [3.05, 3.63) is 0 Å². The molecule has 21 heavy (non-hydrogen) atoms. The minimum Gasteiger partial charge on any atom is -0.480 e. The third-order valence-corrected chi connectivity index (χ3v) is 6.72. The third kappa shape index (κ3) is 4.96. The van der Waals surface area contributed by atoms with Gasteiger partial charge in [0.25, 0.3) is 0 Å². The van der Waals surface area contributed by atoms with Gasteiger partial charge >= 0.3 is 12.0 Å². The van der Waals surface area contributed by atoms with E-state index in [1.165, 1.54) is 5.75 Å². The number of carboxylic acids is 1. The molecule has 6 nitrogen and oxygen atoms in total. The second kappa shape index (κ2) is 8.14. The maximum Gasteiger partial charge on any atom is 0.320 e. The number of nitrogens with one attached hydrogen (secondary N) is 1. The van der Waals surface area contributed by atoms with E-state index < -0.39 is 12.0 Å². The van der Waals surface area contributed by atoms with Crippen LogP contribution in [0, 0.1) is 0 Å². The van der Waals surface area contributed by atoms with Crippen LogP contribution in [-0.2, 0) is 4.79 Å². The smallest absolute Gasteiger partial charge is 0.320 e. The van der Waals surface area contributed by atoms with Gasteiger partial charge in [-0.3, -0.25) is 9.69 Å².